The number of rotatable bonds is 8. The van der Waals surface area contributed by atoms with Gasteiger partial charge in [-0.25, -0.2) is 19.7 Å². The van der Waals surface area contributed by atoms with E-state index in [1.807, 2.05) is 0 Å². The quantitative estimate of drug-likeness (QED) is 0.125. The fraction of sp³-hybridized carbons (Fsp3) is 0.526. The van der Waals surface area contributed by atoms with Crippen molar-refractivity contribution in [1.29, 1.82) is 0 Å². The van der Waals surface area contributed by atoms with E-state index in [4.69, 9.17) is 30.0 Å². The molecule has 2 aliphatic rings. The predicted octanol–water partition coefficient (Wildman–Crippen LogP) is -3.64. The summed E-state index contributed by atoms with van der Waals surface area (Å²) >= 11 is 0. The van der Waals surface area contributed by atoms with E-state index in [1.165, 1.54) is 23.2 Å². The highest BCUT2D eigenvalue weighted by atomic mass is 31.2. The first-order valence-corrected chi connectivity index (χ1v) is 12.8. The second kappa shape index (κ2) is 11.4. The Hall–Kier alpha value is -3.14. The number of hydrogen-bond donors (Lipinski definition) is 7. The Morgan fingerprint density at radius 2 is 1.75 bits per heavy atom. The molecule has 9 atom stereocenters. The molecule has 0 amide bonds. The van der Waals surface area contributed by atoms with Crippen LogP contribution in [0.5, 0.6) is 0 Å². The molecule has 5 heterocycles. The number of hydrogen-bond acceptors (Lipinski definition) is 17. The molecule has 3 aromatic heterocycles. The Bertz CT molecular complexity index is 1460. The van der Waals surface area contributed by atoms with Gasteiger partial charge in [-0.1, -0.05) is 0 Å². The number of imidazole rings is 1. The number of nitrogens with zero attached hydrogens (tertiary/aromatic N) is 6. The number of quaternary nitrogens is 1. The number of aliphatic hydroxyl groups excluding tert-OH is 4. The maximum Gasteiger partial charge on any atom is 0.351 e. The molecule has 220 valence electrons. The van der Waals surface area contributed by atoms with Gasteiger partial charge in [-0.05, 0) is 6.07 Å². The number of aromatic nitrogens is 6. The van der Waals surface area contributed by atoms with Gasteiger partial charge >= 0.3 is 5.69 Å². The summed E-state index contributed by atoms with van der Waals surface area (Å²) in [5, 5.41) is 41.2. The Kier molecular flexibility index (Phi) is 8.49. The summed E-state index contributed by atoms with van der Waals surface area (Å²) < 4.78 is 35.7. The van der Waals surface area contributed by atoms with E-state index in [-0.39, 0.29) is 29.0 Å². The minimum Gasteiger partial charge on any atom is -0.756 e. The van der Waals surface area contributed by atoms with Crippen molar-refractivity contribution in [1.82, 2.24) is 35.2 Å². The van der Waals surface area contributed by atoms with Gasteiger partial charge in [-0.3, -0.25) is 13.7 Å². The Labute approximate surface area is 223 Å². The normalized spacial score (nSPS) is 31.7. The van der Waals surface area contributed by atoms with Crippen molar-refractivity contribution in [2.75, 3.05) is 24.7 Å². The molecule has 0 bridgehead atoms. The molecule has 21 heteroatoms. The van der Waals surface area contributed by atoms with Crippen LogP contribution in [0.15, 0.2) is 29.7 Å². The number of phosphoric acid groups is 1. The molecular formula is C19H28N9O11P. The van der Waals surface area contributed by atoms with Crippen LogP contribution in [-0.2, 0) is 23.1 Å². The molecule has 0 aliphatic carbocycles. The summed E-state index contributed by atoms with van der Waals surface area (Å²) in [4.78, 5) is 40.1. The Morgan fingerprint density at radius 1 is 1.05 bits per heavy atom. The molecule has 2 saturated heterocycles. The lowest BCUT2D eigenvalue weighted by molar-refractivity contribution is -0.236. The van der Waals surface area contributed by atoms with Crippen molar-refractivity contribution in [2.24, 2.45) is 0 Å². The van der Waals surface area contributed by atoms with E-state index < -0.39 is 75.8 Å². The smallest absolute Gasteiger partial charge is 0.351 e. The molecule has 40 heavy (non-hydrogen) atoms. The Morgan fingerprint density at radius 3 is 2.45 bits per heavy atom. The van der Waals surface area contributed by atoms with Crippen LogP contribution in [0.2, 0.25) is 0 Å². The molecule has 12 N–H and O–H groups in total. The maximum atomic E-state index is 12.6. The fourth-order valence-corrected chi connectivity index (χ4v) is 5.29. The zero-order valence-electron chi connectivity index (χ0n) is 20.8. The van der Waals surface area contributed by atoms with Gasteiger partial charge in [0.2, 0.25) is 0 Å². The minimum atomic E-state index is -5.24. The molecule has 1 unspecified atom stereocenters. The molecule has 3 aromatic rings. The van der Waals surface area contributed by atoms with Crippen molar-refractivity contribution < 1.29 is 48.4 Å². The average molecular weight is 589 g/mol. The van der Waals surface area contributed by atoms with E-state index >= 15 is 0 Å². The largest absolute Gasteiger partial charge is 0.756 e. The van der Waals surface area contributed by atoms with Gasteiger partial charge in [0.1, 0.15) is 54.3 Å². The van der Waals surface area contributed by atoms with Crippen LogP contribution >= 0.6 is 7.82 Å². The first-order chi connectivity index (χ1) is 18.5. The first-order valence-electron chi connectivity index (χ1n) is 11.4. The van der Waals surface area contributed by atoms with Gasteiger partial charge in [-0.2, -0.15) is 4.98 Å². The summed E-state index contributed by atoms with van der Waals surface area (Å²) in [7, 11) is -5.24. The number of nitrogen functional groups attached to an aromatic ring is 2. The number of phosphoric ester groups is 1. The van der Waals surface area contributed by atoms with E-state index in [0.29, 0.717) is 0 Å². The second-order valence-corrected chi connectivity index (χ2v) is 10.1. The molecular weight excluding hydrogens is 561 g/mol. The van der Waals surface area contributed by atoms with Gasteiger partial charge in [0.15, 0.2) is 23.9 Å². The molecule has 5 rings (SSSR count). The van der Waals surface area contributed by atoms with E-state index in [2.05, 4.69) is 19.9 Å². The molecule has 20 nitrogen and oxygen atoms in total. The summed E-state index contributed by atoms with van der Waals surface area (Å²) in [5.74, 6) is -0.00912. The summed E-state index contributed by atoms with van der Waals surface area (Å²) in [5.41, 5.74) is 10.7. The first kappa shape index (κ1) is 29.8. The van der Waals surface area contributed by atoms with Gasteiger partial charge in [0, 0.05) is 6.20 Å². The third-order valence-corrected chi connectivity index (χ3v) is 7.23. The van der Waals surface area contributed by atoms with E-state index in [9.17, 15) is 34.7 Å². The van der Waals surface area contributed by atoms with Crippen LogP contribution in [0.25, 0.3) is 11.2 Å². The monoisotopic (exact) mass is 589 g/mol. The van der Waals surface area contributed by atoms with Crippen molar-refractivity contribution in [3.63, 3.8) is 0 Å². The van der Waals surface area contributed by atoms with E-state index in [0.717, 1.165) is 10.9 Å². The number of nitrogens with two attached hydrogens (primary N) is 2. The van der Waals surface area contributed by atoms with Crippen LogP contribution in [0.4, 0.5) is 11.6 Å². The molecule has 0 radical (unpaired) electrons. The SMILES string of the molecule is Nc1ccn([C@@H]2O[C@H](COP(=O)([O-])O[C@H]3[C@@H](O)[C@H](n4cnc5c(N)ncnc54)O[C@@H]3CO)[C@@H](O)[C@H]2O)c(=O)n1.[NH4+]. The lowest BCUT2D eigenvalue weighted by Crippen LogP contribution is -2.38. The number of fused-ring (bicyclic) bond motifs is 1. The van der Waals surface area contributed by atoms with Crippen LogP contribution in [0.3, 0.4) is 0 Å². The highest BCUT2D eigenvalue weighted by molar-refractivity contribution is 7.45. The zero-order valence-corrected chi connectivity index (χ0v) is 21.7. The van der Waals surface area contributed by atoms with Gasteiger partial charge in [0.05, 0.1) is 19.5 Å². The van der Waals surface area contributed by atoms with Gasteiger partial charge in [-0.15, -0.1) is 0 Å². The number of aliphatic hydroxyl groups is 4. The molecule has 2 fully saturated rings. The van der Waals surface area contributed by atoms with Crippen molar-refractivity contribution >= 4 is 30.6 Å². The fourth-order valence-electron chi connectivity index (χ4n) is 4.34. The average Bonchev–Trinajstić information content (AvgIpc) is 3.53. The topological polar surface area (TPSA) is 325 Å². The minimum absolute atomic E-state index is 0. The van der Waals surface area contributed by atoms with Crippen molar-refractivity contribution in [3.05, 3.63) is 35.4 Å². The highest BCUT2D eigenvalue weighted by Gasteiger charge is 2.48. The number of anilines is 2. The third-order valence-electron chi connectivity index (χ3n) is 6.26. The molecule has 0 saturated carbocycles. The number of ether oxygens (including phenoxy) is 2. The molecule has 0 aromatic carbocycles. The summed E-state index contributed by atoms with van der Waals surface area (Å²) in [6.07, 6.45) is -8.36. The lowest BCUT2D eigenvalue weighted by Gasteiger charge is -2.30. The summed E-state index contributed by atoms with van der Waals surface area (Å²) in [6.45, 7) is -1.56. The molecule has 2 aliphatic heterocycles. The van der Waals surface area contributed by atoms with Gasteiger partial charge in [0.25, 0.3) is 7.82 Å². The summed E-state index contributed by atoms with van der Waals surface area (Å²) in [6, 6.07) is 1.27. The second-order valence-electron chi connectivity index (χ2n) is 8.72. The van der Waals surface area contributed by atoms with Gasteiger partial charge < -0.3 is 61.5 Å². The molecule has 0 spiro atoms. The van der Waals surface area contributed by atoms with E-state index in [1.54, 1.807) is 0 Å². The zero-order chi connectivity index (χ0) is 28.1. The maximum absolute atomic E-state index is 12.6. The standard InChI is InChI=1S/C19H25N8O11P.H3N/c20-9-1-2-26(19(32)25-9)17-12(30)11(29)8(37-17)4-35-39(33,34)38-14-7(3-28)36-18(13(14)31)27-6-24-10-15(21)22-5-23-16(10)27;/h1-2,5-8,11-14,17-18,28-31H,3-4H2,(H,33,34)(H2,20,25,32)(H2,21,22,23);1H3/t7-,8-,11-,12-,13-,14-,17-,18-;/m1./s1. The van der Waals surface area contributed by atoms with Crippen LogP contribution in [0, 0.1) is 0 Å². The van der Waals surface area contributed by atoms with Crippen molar-refractivity contribution in [3.8, 4) is 0 Å². The van der Waals surface area contributed by atoms with Crippen LogP contribution < -0.4 is 28.2 Å². The highest BCUT2D eigenvalue weighted by Crippen LogP contribution is 2.46. The third kappa shape index (κ3) is 5.42. The lowest BCUT2D eigenvalue weighted by atomic mass is 10.1. The van der Waals surface area contributed by atoms with Crippen LogP contribution in [-0.4, -0.2) is 99.3 Å². The van der Waals surface area contributed by atoms with Crippen molar-refractivity contribution in [2.45, 2.75) is 49.1 Å². The van der Waals surface area contributed by atoms with Crippen LogP contribution in [0.1, 0.15) is 12.5 Å². The Balaban J connectivity index is 0.00000370. The predicted molar refractivity (Wildman–Crippen MR) is 130 cm³/mol.